The number of aliphatic imine (C=N–C) groups is 1. The first-order chi connectivity index (χ1) is 39.0. The van der Waals surface area contributed by atoms with Crippen LogP contribution in [-0.4, -0.2) is 182 Å². The van der Waals surface area contributed by atoms with Crippen molar-refractivity contribution in [1.29, 1.82) is 0 Å². The summed E-state index contributed by atoms with van der Waals surface area (Å²) in [5, 5.41) is 68.1. The fourth-order valence-corrected chi connectivity index (χ4v) is 7.57. The summed E-state index contributed by atoms with van der Waals surface area (Å²) < 4.78 is 0. The Morgan fingerprint density at radius 3 is 1.31 bits per heavy atom. The molecule has 454 valence electrons. The van der Waals surface area contributed by atoms with E-state index >= 15 is 0 Å². The monoisotopic (exact) mass is 1170 g/mol. The van der Waals surface area contributed by atoms with Crippen molar-refractivity contribution in [2.24, 2.45) is 28.1 Å². The van der Waals surface area contributed by atoms with Gasteiger partial charge in [0.1, 0.15) is 48.3 Å². The molecule has 83 heavy (non-hydrogen) atoms. The first-order valence-electron chi connectivity index (χ1n) is 25.7. The fourth-order valence-electron chi connectivity index (χ4n) is 7.57. The Labute approximate surface area is 474 Å². The van der Waals surface area contributed by atoms with Gasteiger partial charge in [0.25, 0.3) is 0 Å². The molecule has 10 atom stereocenters. The molecule has 0 unspecified atom stereocenters. The highest BCUT2D eigenvalue weighted by atomic mass is 16.4. The van der Waals surface area contributed by atoms with Crippen LogP contribution in [0.3, 0.4) is 0 Å². The van der Waals surface area contributed by atoms with Crippen molar-refractivity contribution >= 4 is 89.0 Å². The lowest BCUT2D eigenvalue weighted by Gasteiger charge is -2.27. The number of nitrogens with zero attached hydrogens (tertiary/aromatic N) is 1. The molecule has 32 nitrogen and oxygen atoms in total. The van der Waals surface area contributed by atoms with E-state index in [9.17, 15) is 87.5 Å². The van der Waals surface area contributed by atoms with Gasteiger partial charge in [-0.25, -0.2) is 4.79 Å². The summed E-state index contributed by atoms with van der Waals surface area (Å²) >= 11 is 0. The Balaban J connectivity index is 2.37. The maximum Gasteiger partial charge on any atom is 0.326 e. The maximum absolute atomic E-state index is 14.1. The molecule has 0 aliphatic carbocycles. The summed E-state index contributed by atoms with van der Waals surface area (Å²) in [6.45, 7) is 3.34. The number of guanidine groups is 1. The number of carboxylic acid groups (broad SMARTS) is 5. The molecule has 0 fully saturated rings. The van der Waals surface area contributed by atoms with E-state index in [2.05, 4.69) is 52.8 Å². The quantitative estimate of drug-likeness (QED) is 0.0171. The molecule has 2 rings (SSSR count). The Bertz CT molecular complexity index is 2680. The molecular formula is C51H71N13O19. The number of carboxylic acids is 5. The van der Waals surface area contributed by atoms with Crippen LogP contribution in [0.1, 0.15) is 76.8 Å². The van der Waals surface area contributed by atoms with Gasteiger partial charge in [0, 0.05) is 19.4 Å². The summed E-state index contributed by atoms with van der Waals surface area (Å²) in [7, 11) is 0. The van der Waals surface area contributed by atoms with Gasteiger partial charge in [-0.1, -0.05) is 80.9 Å². The first-order valence-corrected chi connectivity index (χ1v) is 25.7. The highest BCUT2D eigenvalue weighted by Gasteiger charge is 2.36. The molecule has 0 aromatic heterocycles. The molecule has 0 saturated heterocycles. The van der Waals surface area contributed by atoms with E-state index in [1.54, 1.807) is 55.5 Å². The average molecular weight is 1170 g/mol. The number of carbonyl (C=O) groups is 14. The van der Waals surface area contributed by atoms with Crippen LogP contribution in [0.15, 0.2) is 65.7 Å². The van der Waals surface area contributed by atoms with Crippen LogP contribution in [0.25, 0.3) is 0 Å². The zero-order valence-electron chi connectivity index (χ0n) is 45.5. The molecule has 0 saturated carbocycles. The number of amides is 9. The third kappa shape index (κ3) is 26.4. The summed E-state index contributed by atoms with van der Waals surface area (Å²) in [6, 6.07) is 0.382. The summed E-state index contributed by atoms with van der Waals surface area (Å²) in [5.41, 5.74) is 17.1. The zero-order chi connectivity index (χ0) is 62.5. The van der Waals surface area contributed by atoms with Crippen LogP contribution in [0.2, 0.25) is 0 Å². The lowest BCUT2D eigenvalue weighted by molar-refractivity contribution is -0.145. The van der Waals surface area contributed by atoms with Crippen LogP contribution >= 0.6 is 0 Å². The maximum atomic E-state index is 14.1. The van der Waals surface area contributed by atoms with Gasteiger partial charge in [-0.05, 0) is 36.8 Å². The van der Waals surface area contributed by atoms with E-state index in [-0.39, 0.29) is 31.8 Å². The first kappa shape index (κ1) is 69.4. The lowest BCUT2D eigenvalue weighted by Crippen LogP contribution is -2.60. The van der Waals surface area contributed by atoms with Crippen LogP contribution in [0.5, 0.6) is 0 Å². The number of nitrogens with one attached hydrogen (secondary N) is 9. The van der Waals surface area contributed by atoms with Crippen molar-refractivity contribution < 1.29 is 92.7 Å². The minimum absolute atomic E-state index is 0.0172. The molecule has 0 spiro atoms. The molecule has 32 heteroatoms. The van der Waals surface area contributed by atoms with Crippen molar-refractivity contribution in [2.75, 3.05) is 13.1 Å². The number of carbonyl (C=O) groups excluding carboxylic acids is 9. The van der Waals surface area contributed by atoms with Gasteiger partial charge in [-0.3, -0.25) is 67.3 Å². The van der Waals surface area contributed by atoms with E-state index in [1.165, 1.54) is 19.1 Å². The van der Waals surface area contributed by atoms with Gasteiger partial charge >= 0.3 is 29.8 Å². The second-order valence-corrected chi connectivity index (χ2v) is 18.9. The SMILES string of the molecule is CC[C@H](C)[C@H](NC(=O)[C@H](CC(=O)O)NC(=O)[C@H](Cc1ccccc1)NC(=O)[C@H](C)NC(=O)[C@H](CC(=O)O)NC(=O)[C@H](Cc1ccccc1)NC(=O)[C@H](CC(=O)O)NC(=O)CNC(=O)[C@H](CCCN=C(N)N)NC(=O)[C@@H](N)CC(=O)O)C(=O)O. The van der Waals surface area contributed by atoms with Crippen molar-refractivity contribution in [1.82, 2.24) is 47.9 Å². The van der Waals surface area contributed by atoms with E-state index in [0.717, 1.165) is 6.92 Å². The molecule has 0 bridgehead atoms. The van der Waals surface area contributed by atoms with Crippen molar-refractivity contribution in [3.05, 3.63) is 71.8 Å². The summed E-state index contributed by atoms with van der Waals surface area (Å²) in [4.78, 5) is 184. The molecule has 2 aromatic carbocycles. The van der Waals surface area contributed by atoms with Gasteiger partial charge in [-0.15, -0.1) is 0 Å². The standard InChI is InChI=1S/C51H71N13O19/c1-4-25(2)41(50(82)83)64-49(81)35(23-40(72)73)63-46(78)31(18-27-12-7-5-8-13-27)60-42(74)26(3)57-45(77)34(22-39(70)71)62-47(79)32(19-28-14-9-6-10-15-28)61-48(80)33(21-38(68)69)58-36(65)24-56-44(76)30(16-11-17-55-51(53)54)59-43(75)29(52)20-37(66)67/h5-10,12-15,25-26,29-35,41H,4,11,16-24,52H2,1-3H3,(H,56,76)(H,57,77)(H,58,65)(H,59,75)(H,60,74)(H,61,80)(H,62,79)(H,63,78)(H,64,81)(H,66,67)(H,68,69)(H,70,71)(H,72,73)(H,82,83)(H4,53,54,55)/t25-,26-,29-,30-,31-,32-,33-,34-,35-,41-/m0/s1. The van der Waals surface area contributed by atoms with Crippen LogP contribution in [0, 0.1) is 5.92 Å². The minimum atomic E-state index is -2.01. The van der Waals surface area contributed by atoms with Crippen LogP contribution in [0.4, 0.5) is 0 Å². The molecule has 0 aliphatic rings. The van der Waals surface area contributed by atoms with Crippen molar-refractivity contribution in [3.8, 4) is 0 Å². The number of nitrogens with two attached hydrogens (primary N) is 3. The van der Waals surface area contributed by atoms with Crippen molar-refractivity contribution in [2.45, 2.75) is 133 Å². The Morgan fingerprint density at radius 2 is 0.880 bits per heavy atom. The number of rotatable bonds is 37. The van der Waals surface area contributed by atoms with Crippen LogP contribution < -0.4 is 65.1 Å². The smallest absolute Gasteiger partial charge is 0.326 e. The largest absolute Gasteiger partial charge is 0.481 e. The Kier molecular flexibility index (Phi) is 29.3. The molecular weight excluding hydrogens is 1100 g/mol. The highest BCUT2D eigenvalue weighted by Crippen LogP contribution is 2.12. The molecule has 0 aliphatic heterocycles. The van der Waals surface area contributed by atoms with Gasteiger partial charge < -0.3 is 90.6 Å². The Hall–Kier alpha value is -9.75. The predicted octanol–water partition coefficient (Wildman–Crippen LogP) is -5.10. The third-order valence-electron chi connectivity index (χ3n) is 12.1. The normalized spacial score (nSPS) is 14.4. The average Bonchev–Trinajstić information content (AvgIpc) is 3.46. The molecule has 20 N–H and O–H groups in total. The van der Waals surface area contributed by atoms with Crippen LogP contribution in [-0.2, 0) is 80.0 Å². The van der Waals surface area contributed by atoms with E-state index < -0.39 is 182 Å². The topological polar surface area (TPSA) is 539 Å². The van der Waals surface area contributed by atoms with E-state index in [4.69, 9.17) is 22.3 Å². The highest BCUT2D eigenvalue weighted by molar-refractivity contribution is 6.00. The van der Waals surface area contributed by atoms with Gasteiger partial charge in [0.15, 0.2) is 5.96 Å². The Morgan fingerprint density at radius 1 is 0.482 bits per heavy atom. The number of hydrogen-bond acceptors (Lipinski definition) is 16. The molecule has 0 radical (unpaired) electrons. The van der Waals surface area contributed by atoms with Gasteiger partial charge in [0.05, 0.1) is 38.3 Å². The second-order valence-electron chi connectivity index (χ2n) is 18.9. The van der Waals surface area contributed by atoms with Gasteiger partial charge in [0.2, 0.25) is 53.2 Å². The lowest BCUT2D eigenvalue weighted by atomic mass is 9.98. The van der Waals surface area contributed by atoms with Gasteiger partial charge in [-0.2, -0.15) is 0 Å². The zero-order valence-corrected chi connectivity index (χ0v) is 45.5. The molecule has 2 aromatic rings. The van der Waals surface area contributed by atoms with E-state index in [1.807, 2.05) is 0 Å². The molecule has 0 heterocycles. The fraction of sp³-hybridized carbons (Fsp3) is 0.471. The number of aliphatic carboxylic acids is 5. The molecule has 9 amide bonds. The van der Waals surface area contributed by atoms with E-state index in [0.29, 0.717) is 17.5 Å². The predicted molar refractivity (Wildman–Crippen MR) is 288 cm³/mol. The number of benzene rings is 2. The second kappa shape index (κ2) is 35.1. The summed E-state index contributed by atoms with van der Waals surface area (Å²) in [6.07, 6.45) is -4.52. The summed E-state index contributed by atoms with van der Waals surface area (Å²) in [5.74, 6) is -19.0. The third-order valence-corrected chi connectivity index (χ3v) is 12.1. The number of hydrogen-bond donors (Lipinski definition) is 17. The minimum Gasteiger partial charge on any atom is -0.481 e. The van der Waals surface area contributed by atoms with Crippen molar-refractivity contribution in [3.63, 3.8) is 0 Å².